The number of aliphatic imine (C=N–C) groups is 2. The Balaban J connectivity index is 0.789. The quantitative estimate of drug-likeness (QED) is 0.0385. The highest BCUT2D eigenvalue weighted by Crippen LogP contribution is 2.34. The van der Waals surface area contributed by atoms with Gasteiger partial charge in [0.15, 0.2) is 0 Å². The number of aliphatic carboxylic acids is 2. The van der Waals surface area contributed by atoms with Crippen LogP contribution in [-0.4, -0.2) is 93.8 Å². The Kier molecular flexibility index (Phi) is 23.6. The van der Waals surface area contributed by atoms with E-state index >= 15 is 0 Å². The van der Waals surface area contributed by atoms with E-state index in [-0.39, 0.29) is 47.6 Å². The summed E-state index contributed by atoms with van der Waals surface area (Å²) in [5.41, 5.74) is 12.9. The molecule has 12 nitrogen and oxygen atoms in total. The summed E-state index contributed by atoms with van der Waals surface area (Å²) in [5.74, 6) is 1.47. The number of carboxylic acid groups (broad SMARTS) is 2. The van der Waals surface area contributed by atoms with Gasteiger partial charge in [0.2, 0.25) is 5.91 Å². The molecule has 0 radical (unpaired) electrons. The molecule has 0 aromatic heterocycles. The molecule has 8 rings (SSSR count). The molecule has 2 aliphatic rings. The van der Waals surface area contributed by atoms with Crippen LogP contribution in [0.3, 0.4) is 0 Å². The van der Waals surface area contributed by atoms with Crippen LogP contribution in [0.4, 0.5) is 0 Å². The first-order chi connectivity index (χ1) is 42.3. The Bertz CT molecular complexity index is 3390. The summed E-state index contributed by atoms with van der Waals surface area (Å²) >= 11 is 0. The van der Waals surface area contributed by atoms with Crippen molar-refractivity contribution < 1.29 is 38.9 Å². The lowest BCUT2D eigenvalue weighted by Gasteiger charge is -2.30. The lowest BCUT2D eigenvalue weighted by Crippen LogP contribution is -2.42. The summed E-state index contributed by atoms with van der Waals surface area (Å²) in [6, 6.07) is 46.0. The minimum Gasteiger partial charge on any atom is -0.493 e. The second-order valence-electron chi connectivity index (χ2n) is 25.7. The number of likely N-dealkylation sites (N-methyl/N-ethyl adjacent to an activating group) is 1. The first-order valence-electron chi connectivity index (χ1n) is 32.4. The number of ether oxygens (including phenoxy) is 2. The number of amides is 2. The molecule has 0 fully saturated rings. The molecule has 0 saturated carbocycles. The van der Waals surface area contributed by atoms with Gasteiger partial charge in [0.05, 0.1) is 32.1 Å². The fraction of sp³-hybridized carbons (Fsp3) is 0.447. The number of amidine groups is 2. The van der Waals surface area contributed by atoms with Gasteiger partial charge in [-0.3, -0.25) is 34.1 Å². The first-order valence-corrected chi connectivity index (χ1v) is 32.4. The van der Waals surface area contributed by atoms with E-state index in [0.717, 1.165) is 130 Å². The predicted octanol–water partition coefficient (Wildman–Crippen LogP) is 15.8. The van der Waals surface area contributed by atoms with E-state index in [4.69, 9.17) is 19.5 Å². The number of hydrogen-bond donors (Lipinski definition) is 2. The topological polar surface area (TPSA) is 158 Å². The summed E-state index contributed by atoms with van der Waals surface area (Å²) in [6.07, 6.45) is 12.8. The van der Waals surface area contributed by atoms with Crippen LogP contribution in [0.2, 0.25) is 0 Å². The molecular weight excluding hydrogens is 1100 g/mol. The van der Waals surface area contributed by atoms with Crippen molar-refractivity contribution in [1.82, 2.24) is 9.80 Å². The summed E-state index contributed by atoms with van der Waals surface area (Å²) in [7, 11) is 0. The zero-order valence-corrected chi connectivity index (χ0v) is 53.5. The van der Waals surface area contributed by atoms with E-state index < -0.39 is 11.9 Å². The van der Waals surface area contributed by atoms with Crippen LogP contribution < -0.4 is 9.47 Å². The molecule has 12 heteroatoms. The fourth-order valence-corrected chi connectivity index (χ4v) is 12.3. The number of aryl methyl sites for hydroxylation is 4. The van der Waals surface area contributed by atoms with Gasteiger partial charge in [0.25, 0.3) is 5.91 Å². The predicted molar refractivity (Wildman–Crippen MR) is 355 cm³/mol. The van der Waals surface area contributed by atoms with Crippen LogP contribution in [0.15, 0.2) is 143 Å². The number of carboxylic acids is 2. The maximum Gasteiger partial charge on any atom is 0.307 e. The van der Waals surface area contributed by atoms with Crippen molar-refractivity contribution in [2.45, 2.75) is 194 Å². The van der Waals surface area contributed by atoms with E-state index in [1.807, 2.05) is 67.0 Å². The summed E-state index contributed by atoms with van der Waals surface area (Å²) < 4.78 is 12.4. The Morgan fingerprint density at radius 1 is 0.523 bits per heavy atom. The number of rotatable bonds is 33. The Labute approximate surface area is 523 Å². The SMILES string of the molecule is CCCOc1cc(-c2cccc(CCCC3=NC(CCCc4ccc(C(C)(C)CCCOc5cc(-c6cccc(CCCC7=NC(CCCc8ccc(C(C)(C)C)cc8)C(=O)N7CC)c6)ccc5CC(=O)O)cc4)CC(=O)N3CC)c2)ccc1CC(=O)O. The lowest BCUT2D eigenvalue weighted by molar-refractivity contribution is -0.137. The third kappa shape index (κ3) is 18.6. The van der Waals surface area contributed by atoms with Crippen molar-refractivity contribution >= 4 is 35.4 Å². The van der Waals surface area contributed by atoms with Crippen molar-refractivity contribution in [2.75, 3.05) is 26.3 Å². The molecule has 2 heterocycles. The smallest absolute Gasteiger partial charge is 0.307 e. The fourth-order valence-electron chi connectivity index (χ4n) is 12.3. The molecule has 2 unspecified atom stereocenters. The average Bonchev–Trinajstić information content (AvgIpc) is 4.09. The van der Waals surface area contributed by atoms with Crippen LogP contribution in [-0.2, 0) is 68.5 Å². The van der Waals surface area contributed by atoms with E-state index in [1.165, 1.54) is 33.4 Å². The molecule has 2 aliphatic heterocycles. The average molecular weight is 1190 g/mol. The normalized spacial score (nSPS) is 15.4. The standard InChI is InChI=1S/C76H94N4O8/c1-9-44-87-67-48-59(35-37-61(67)50-72(82)83)57-25-12-21-55(46-57)23-16-29-69-77-65(52-71(81)79(69)10-2)27-14-19-53-33-41-64(42-34-53)76(7,8)43-18-45-88-68-49-60(36-38-62(68)51-73(84)85)58-26-13-22-56(47-58)24-17-30-70-78-66(74(86)80(70)11-3)28-15-20-54-31-39-63(40-32-54)75(4,5)6/h12-13,21-22,25-26,31-42,46-49,65-66H,9-11,14-20,23-24,27-30,43-45,50-52H2,1-8H3,(H,82,83)(H,84,85). The molecule has 2 N–H and O–H groups in total. The van der Waals surface area contributed by atoms with Crippen molar-refractivity contribution in [3.63, 3.8) is 0 Å². The minimum atomic E-state index is -0.903. The van der Waals surface area contributed by atoms with Crippen molar-refractivity contribution in [1.29, 1.82) is 0 Å². The molecule has 2 amide bonds. The number of benzene rings is 6. The lowest BCUT2D eigenvalue weighted by atomic mass is 9.80. The first kappa shape index (κ1) is 66.1. The van der Waals surface area contributed by atoms with Gasteiger partial charge in [-0.25, -0.2) is 0 Å². The molecule has 0 saturated heterocycles. The summed E-state index contributed by atoms with van der Waals surface area (Å²) in [5, 5.41) is 19.2. The number of hydrogen-bond acceptors (Lipinski definition) is 8. The highest BCUT2D eigenvalue weighted by molar-refractivity contribution is 6.05. The molecule has 0 aliphatic carbocycles. The van der Waals surface area contributed by atoms with Crippen LogP contribution in [0.1, 0.15) is 177 Å². The highest BCUT2D eigenvalue weighted by atomic mass is 16.5. The van der Waals surface area contributed by atoms with E-state index in [2.05, 4.69) is 132 Å². The molecule has 0 bridgehead atoms. The molecule has 2 atom stereocenters. The number of nitrogens with zero attached hydrogens (tertiary/aromatic N) is 4. The van der Waals surface area contributed by atoms with Gasteiger partial charge in [0.1, 0.15) is 29.2 Å². The van der Waals surface area contributed by atoms with Crippen LogP contribution in [0.25, 0.3) is 22.3 Å². The molecule has 466 valence electrons. The monoisotopic (exact) mass is 1190 g/mol. The zero-order chi connectivity index (χ0) is 62.8. The van der Waals surface area contributed by atoms with Gasteiger partial charge in [-0.15, -0.1) is 0 Å². The molecule has 6 aromatic rings. The number of carbonyl (C=O) groups excluding carboxylic acids is 2. The third-order valence-corrected chi connectivity index (χ3v) is 17.4. The third-order valence-electron chi connectivity index (χ3n) is 17.4. The maximum absolute atomic E-state index is 13.4. The zero-order valence-electron chi connectivity index (χ0n) is 53.5. The second-order valence-corrected chi connectivity index (χ2v) is 25.7. The van der Waals surface area contributed by atoms with E-state index in [1.54, 1.807) is 0 Å². The van der Waals surface area contributed by atoms with Gasteiger partial charge in [-0.2, -0.15) is 0 Å². The van der Waals surface area contributed by atoms with Gasteiger partial charge >= 0.3 is 11.9 Å². The second kappa shape index (κ2) is 31.4. The molecule has 0 spiro atoms. The molecule has 88 heavy (non-hydrogen) atoms. The van der Waals surface area contributed by atoms with Crippen molar-refractivity contribution in [3.05, 3.63) is 178 Å². The summed E-state index contributed by atoms with van der Waals surface area (Å²) in [6.45, 7) is 19.5. The maximum atomic E-state index is 13.4. The van der Waals surface area contributed by atoms with E-state index in [0.29, 0.717) is 55.4 Å². The van der Waals surface area contributed by atoms with E-state index in [9.17, 15) is 29.4 Å². The Morgan fingerprint density at radius 2 is 1.01 bits per heavy atom. The Morgan fingerprint density at radius 3 is 1.52 bits per heavy atom. The van der Waals surface area contributed by atoms with Gasteiger partial charge in [0, 0.05) is 43.5 Å². The van der Waals surface area contributed by atoms with Crippen LogP contribution >= 0.6 is 0 Å². The molecule has 6 aromatic carbocycles. The molecular formula is C76H94N4O8. The van der Waals surface area contributed by atoms with Crippen molar-refractivity contribution in [2.24, 2.45) is 9.98 Å². The minimum absolute atomic E-state index is 0.0318. The van der Waals surface area contributed by atoms with Crippen LogP contribution in [0, 0.1) is 0 Å². The summed E-state index contributed by atoms with van der Waals surface area (Å²) in [4.78, 5) is 64.2. The largest absolute Gasteiger partial charge is 0.493 e. The van der Waals surface area contributed by atoms with Gasteiger partial charge in [-0.05, 0) is 176 Å². The van der Waals surface area contributed by atoms with Crippen LogP contribution in [0.5, 0.6) is 11.5 Å². The van der Waals surface area contributed by atoms with Gasteiger partial charge in [-0.1, -0.05) is 163 Å². The Hall–Kier alpha value is -7.86. The highest BCUT2D eigenvalue weighted by Gasteiger charge is 2.33. The van der Waals surface area contributed by atoms with Gasteiger partial charge < -0.3 is 24.6 Å². The number of carbonyl (C=O) groups is 4. The van der Waals surface area contributed by atoms with Crippen molar-refractivity contribution in [3.8, 4) is 33.8 Å².